The molecule has 0 saturated carbocycles. The Balaban J connectivity index is 2.21. The molecule has 0 aliphatic rings. The fourth-order valence-electron chi connectivity index (χ4n) is 2.19. The molecule has 0 bridgehead atoms. The van der Waals surface area contributed by atoms with Gasteiger partial charge in [0, 0.05) is 25.5 Å². The van der Waals surface area contributed by atoms with E-state index >= 15 is 0 Å². The number of hydrogen-bond acceptors (Lipinski definition) is 4. The molecule has 0 saturated heterocycles. The van der Waals surface area contributed by atoms with E-state index in [4.69, 9.17) is 15.2 Å². The third kappa shape index (κ3) is 4.28. The minimum Gasteiger partial charge on any atom is -0.484 e. The standard InChI is InChI=1S/C17H22N2O2/c1-3-16(18)17(14-7-9-19-10-8-14)21-15-6-4-5-13(11-15)12-20-2/h4-11,16-17H,3,12,18H2,1-2H3. The van der Waals surface area contributed by atoms with Crippen LogP contribution >= 0.6 is 0 Å². The molecule has 21 heavy (non-hydrogen) atoms. The minimum absolute atomic E-state index is 0.0709. The lowest BCUT2D eigenvalue weighted by Crippen LogP contribution is -2.31. The molecular weight excluding hydrogens is 264 g/mol. The zero-order valence-corrected chi connectivity index (χ0v) is 12.5. The largest absolute Gasteiger partial charge is 0.484 e. The van der Waals surface area contributed by atoms with Crippen LogP contribution in [0.25, 0.3) is 0 Å². The average molecular weight is 286 g/mol. The second kappa shape index (κ2) is 7.76. The molecule has 1 heterocycles. The van der Waals surface area contributed by atoms with Crippen LogP contribution < -0.4 is 10.5 Å². The summed E-state index contributed by atoms with van der Waals surface area (Å²) in [7, 11) is 1.68. The Labute approximate surface area is 125 Å². The van der Waals surface area contributed by atoms with Gasteiger partial charge in [-0.05, 0) is 41.8 Å². The predicted molar refractivity (Wildman–Crippen MR) is 83.0 cm³/mol. The van der Waals surface area contributed by atoms with Gasteiger partial charge in [0.1, 0.15) is 11.9 Å². The van der Waals surface area contributed by atoms with Crippen molar-refractivity contribution in [2.75, 3.05) is 7.11 Å². The highest BCUT2D eigenvalue weighted by Gasteiger charge is 2.20. The van der Waals surface area contributed by atoms with E-state index in [9.17, 15) is 0 Å². The van der Waals surface area contributed by atoms with E-state index < -0.39 is 0 Å². The molecule has 0 amide bonds. The number of aromatic nitrogens is 1. The Kier molecular flexibility index (Phi) is 5.72. The number of pyridine rings is 1. The summed E-state index contributed by atoms with van der Waals surface area (Å²) in [6.07, 6.45) is 4.17. The lowest BCUT2D eigenvalue weighted by atomic mass is 10.0. The molecule has 2 atom stereocenters. The van der Waals surface area contributed by atoms with Crippen molar-refractivity contribution in [1.82, 2.24) is 4.98 Å². The first-order valence-electron chi connectivity index (χ1n) is 7.14. The van der Waals surface area contributed by atoms with Crippen LogP contribution in [-0.4, -0.2) is 18.1 Å². The second-order valence-corrected chi connectivity index (χ2v) is 4.97. The molecular formula is C17H22N2O2. The van der Waals surface area contributed by atoms with Crippen LogP contribution in [0, 0.1) is 0 Å². The molecule has 0 aliphatic heterocycles. The van der Waals surface area contributed by atoms with Crippen molar-refractivity contribution in [2.24, 2.45) is 5.73 Å². The van der Waals surface area contributed by atoms with E-state index in [-0.39, 0.29) is 12.1 Å². The van der Waals surface area contributed by atoms with Crippen LogP contribution in [0.15, 0.2) is 48.8 Å². The molecule has 112 valence electrons. The van der Waals surface area contributed by atoms with Gasteiger partial charge in [-0.2, -0.15) is 0 Å². The van der Waals surface area contributed by atoms with Crippen molar-refractivity contribution in [1.29, 1.82) is 0 Å². The number of hydrogen-bond donors (Lipinski definition) is 1. The SMILES string of the molecule is CCC(N)C(Oc1cccc(COC)c1)c1ccncc1. The summed E-state index contributed by atoms with van der Waals surface area (Å²) in [4.78, 5) is 4.05. The van der Waals surface area contributed by atoms with Gasteiger partial charge in [0.05, 0.1) is 6.61 Å². The Morgan fingerprint density at radius 1 is 1.19 bits per heavy atom. The normalized spacial score (nSPS) is 13.7. The topological polar surface area (TPSA) is 57.4 Å². The van der Waals surface area contributed by atoms with Crippen molar-refractivity contribution in [2.45, 2.75) is 32.1 Å². The molecule has 1 aromatic heterocycles. The Morgan fingerprint density at radius 2 is 1.95 bits per heavy atom. The number of ether oxygens (including phenoxy) is 2. The highest BCUT2D eigenvalue weighted by atomic mass is 16.5. The third-order valence-corrected chi connectivity index (χ3v) is 3.37. The number of nitrogens with two attached hydrogens (primary N) is 1. The molecule has 1 aromatic carbocycles. The molecule has 0 fully saturated rings. The summed E-state index contributed by atoms with van der Waals surface area (Å²) in [5, 5.41) is 0. The average Bonchev–Trinajstić information content (AvgIpc) is 2.53. The van der Waals surface area contributed by atoms with E-state index in [1.54, 1.807) is 19.5 Å². The molecule has 0 aliphatic carbocycles. The van der Waals surface area contributed by atoms with E-state index in [0.717, 1.165) is 23.3 Å². The number of methoxy groups -OCH3 is 1. The van der Waals surface area contributed by atoms with Crippen molar-refractivity contribution in [3.8, 4) is 5.75 Å². The molecule has 2 unspecified atom stereocenters. The van der Waals surface area contributed by atoms with Gasteiger partial charge < -0.3 is 15.2 Å². The summed E-state index contributed by atoms with van der Waals surface area (Å²) >= 11 is 0. The van der Waals surface area contributed by atoms with Crippen LogP contribution in [-0.2, 0) is 11.3 Å². The van der Waals surface area contributed by atoms with E-state index in [2.05, 4.69) is 11.9 Å². The molecule has 4 heteroatoms. The van der Waals surface area contributed by atoms with Crippen molar-refractivity contribution < 1.29 is 9.47 Å². The smallest absolute Gasteiger partial charge is 0.139 e. The van der Waals surface area contributed by atoms with Gasteiger partial charge in [0.25, 0.3) is 0 Å². The van der Waals surface area contributed by atoms with E-state index in [0.29, 0.717) is 6.61 Å². The lowest BCUT2D eigenvalue weighted by molar-refractivity contribution is 0.168. The van der Waals surface area contributed by atoms with Gasteiger partial charge >= 0.3 is 0 Å². The van der Waals surface area contributed by atoms with Gasteiger partial charge in [0.15, 0.2) is 0 Å². The van der Waals surface area contributed by atoms with Crippen molar-refractivity contribution in [3.63, 3.8) is 0 Å². The third-order valence-electron chi connectivity index (χ3n) is 3.37. The summed E-state index contributed by atoms with van der Waals surface area (Å²) < 4.78 is 11.3. The van der Waals surface area contributed by atoms with Crippen LogP contribution in [0.1, 0.15) is 30.6 Å². The zero-order chi connectivity index (χ0) is 15.1. The number of nitrogens with zero attached hydrogens (tertiary/aromatic N) is 1. The van der Waals surface area contributed by atoms with Crippen molar-refractivity contribution >= 4 is 0 Å². The second-order valence-electron chi connectivity index (χ2n) is 4.97. The molecule has 2 N–H and O–H groups in total. The quantitative estimate of drug-likeness (QED) is 0.849. The monoisotopic (exact) mass is 286 g/mol. The highest BCUT2D eigenvalue weighted by Crippen LogP contribution is 2.26. The maximum absolute atomic E-state index is 6.22. The summed E-state index contributed by atoms with van der Waals surface area (Å²) in [5.74, 6) is 0.801. The molecule has 2 aromatic rings. The summed E-state index contributed by atoms with van der Waals surface area (Å²) in [6.45, 7) is 2.63. The Morgan fingerprint density at radius 3 is 2.62 bits per heavy atom. The first-order valence-corrected chi connectivity index (χ1v) is 7.14. The van der Waals surface area contributed by atoms with Crippen LogP contribution in [0.3, 0.4) is 0 Å². The lowest BCUT2D eigenvalue weighted by Gasteiger charge is -2.25. The van der Waals surface area contributed by atoms with Crippen LogP contribution in [0.5, 0.6) is 5.75 Å². The molecule has 4 nitrogen and oxygen atoms in total. The molecule has 2 rings (SSSR count). The fraction of sp³-hybridized carbons (Fsp3) is 0.353. The number of rotatable bonds is 7. The molecule has 0 spiro atoms. The Hall–Kier alpha value is -1.91. The van der Waals surface area contributed by atoms with Gasteiger partial charge in [0.2, 0.25) is 0 Å². The minimum atomic E-state index is -0.184. The maximum atomic E-state index is 6.22. The summed E-state index contributed by atoms with van der Waals surface area (Å²) in [5.41, 5.74) is 8.34. The maximum Gasteiger partial charge on any atom is 0.139 e. The predicted octanol–water partition coefficient (Wildman–Crippen LogP) is 3.09. The molecule has 0 radical (unpaired) electrons. The van der Waals surface area contributed by atoms with Gasteiger partial charge in [-0.25, -0.2) is 0 Å². The first kappa shape index (κ1) is 15.5. The van der Waals surface area contributed by atoms with Crippen LogP contribution in [0.2, 0.25) is 0 Å². The number of benzene rings is 1. The Bertz CT molecular complexity index is 545. The van der Waals surface area contributed by atoms with Gasteiger partial charge in [-0.3, -0.25) is 4.98 Å². The summed E-state index contributed by atoms with van der Waals surface area (Å²) in [6, 6.07) is 11.7. The van der Waals surface area contributed by atoms with Gasteiger partial charge in [-0.1, -0.05) is 19.1 Å². The van der Waals surface area contributed by atoms with Crippen molar-refractivity contribution in [3.05, 3.63) is 59.9 Å². The highest BCUT2D eigenvalue weighted by molar-refractivity contribution is 5.29. The van der Waals surface area contributed by atoms with Gasteiger partial charge in [-0.15, -0.1) is 0 Å². The zero-order valence-electron chi connectivity index (χ0n) is 12.5. The van der Waals surface area contributed by atoms with E-state index in [1.165, 1.54) is 0 Å². The first-order chi connectivity index (χ1) is 10.2. The van der Waals surface area contributed by atoms with Crippen LogP contribution in [0.4, 0.5) is 0 Å². The fourth-order valence-corrected chi connectivity index (χ4v) is 2.19. The van der Waals surface area contributed by atoms with E-state index in [1.807, 2.05) is 36.4 Å².